The molecule has 1 aromatic rings. The van der Waals surface area contributed by atoms with E-state index in [1.807, 2.05) is 0 Å². The highest BCUT2D eigenvalue weighted by Gasteiger charge is 2.35. The number of hydrogen-bond acceptors (Lipinski definition) is 3. The number of carboxylic acids is 1. The maximum Gasteiger partial charge on any atom is 0.307 e. The van der Waals surface area contributed by atoms with Crippen molar-refractivity contribution in [1.82, 2.24) is 5.32 Å². The number of aliphatic carboxylic acids is 1. The Hall–Kier alpha value is -2.37. The minimum absolute atomic E-state index is 0.175. The number of hydrogen-bond donors (Lipinski definition) is 3. The highest BCUT2D eigenvalue weighted by molar-refractivity contribution is 5.98. The summed E-state index contributed by atoms with van der Waals surface area (Å²) in [6.45, 7) is 2.67. The van der Waals surface area contributed by atoms with Crippen molar-refractivity contribution in [3.8, 4) is 0 Å². The minimum atomic E-state index is -0.913. The van der Waals surface area contributed by atoms with E-state index in [4.69, 9.17) is 0 Å². The molecule has 136 valence electrons. The summed E-state index contributed by atoms with van der Waals surface area (Å²) in [6.07, 6.45) is 4.74. The monoisotopic (exact) mass is 346 g/mol. The lowest BCUT2D eigenvalue weighted by atomic mass is 9.78. The summed E-state index contributed by atoms with van der Waals surface area (Å²) in [5.74, 6) is -2.52. The highest BCUT2D eigenvalue weighted by Crippen LogP contribution is 2.31. The van der Waals surface area contributed by atoms with Crippen molar-refractivity contribution in [2.45, 2.75) is 45.4 Å². The predicted octanol–water partition coefficient (Wildman–Crippen LogP) is 3.05. The van der Waals surface area contributed by atoms with Gasteiger partial charge in [0.15, 0.2) is 0 Å². The summed E-state index contributed by atoms with van der Waals surface area (Å²) in [5, 5.41) is 14.9. The first-order valence-electron chi connectivity index (χ1n) is 8.95. The van der Waals surface area contributed by atoms with E-state index in [9.17, 15) is 19.5 Å². The molecule has 1 saturated carbocycles. The molecule has 6 heteroatoms. The van der Waals surface area contributed by atoms with Crippen LogP contribution in [-0.4, -0.2) is 29.4 Å². The number of nitrogens with one attached hydrogen (secondary N) is 2. The average molecular weight is 346 g/mol. The molecule has 6 nitrogen and oxygen atoms in total. The van der Waals surface area contributed by atoms with Crippen LogP contribution in [0, 0.1) is 11.8 Å². The molecule has 1 aromatic carbocycles. The van der Waals surface area contributed by atoms with Gasteiger partial charge in [-0.2, -0.15) is 0 Å². The van der Waals surface area contributed by atoms with E-state index in [1.54, 1.807) is 24.3 Å². The van der Waals surface area contributed by atoms with Gasteiger partial charge in [0.1, 0.15) is 0 Å². The third-order valence-electron chi connectivity index (χ3n) is 4.63. The van der Waals surface area contributed by atoms with Crippen LogP contribution in [0.4, 0.5) is 5.69 Å². The maximum atomic E-state index is 12.5. The van der Waals surface area contributed by atoms with Crippen LogP contribution in [0.5, 0.6) is 0 Å². The molecule has 0 spiro atoms. The summed E-state index contributed by atoms with van der Waals surface area (Å²) < 4.78 is 0. The molecule has 0 bridgehead atoms. The molecule has 0 heterocycles. The van der Waals surface area contributed by atoms with Gasteiger partial charge in [-0.05, 0) is 37.5 Å². The van der Waals surface area contributed by atoms with Crippen molar-refractivity contribution in [3.05, 3.63) is 29.8 Å². The molecular weight excluding hydrogens is 320 g/mol. The van der Waals surface area contributed by atoms with Gasteiger partial charge in [-0.15, -0.1) is 0 Å². The van der Waals surface area contributed by atoms with Crippen molar-refractivity contribution in [2.24, 2.45) is 11.8 Å². The van der Waals surface area contributed by atoms with E-state index in [-0.39, 0.29) is 11.8 Å². The Morgan fingerprint density at radius 3 is 2.56 bits per heavy atom. The first-order chi connectivity index (χ1) is 12.0. The molecule has 0 aliphatic heterocycles. The summed E-state index contributed by atoms with van der Waals surface area (Å²) in [4.78, 5) is 36.0. The Bertz CT molecular complexity index is 630. The smallest absolute Gasteiger partial charge is 0.307 e. The van der Waals surface area contributed by atoms with Gasteiger partial charge in [-0.25, -0.2) is 0 Å². The van der Waals surface area contributed by atoms with E-state index < -0.39 is 17.8 Å². The van der Waals surface area contributed by atoms with Crippen molar-refractivity contribution < 1.29 is 19.5 Å². The number of carbonyl (C=O) groups is 3. The third kappa shape index (κ3) is 5.31. The Kier molecular flexibility index (Phi) is 6.98. The first kappa shape index (κ1) is 19.0. The summed E-state index contributed by atoms with van der Waals surface area (Å²) >= 11 is 0. The van der Waals surface area contributed by atoms with Crippen LogP contribution in [0.25, 0.3) is 0 Å². The van der Waals surface area contributed by atoms with Gasteiger partial charge < -0.3 is 15.7 Å². The molecule has 1 aliphatic carbocycles. The van der Waals surface area contributed by atoms with Gasteiger partial charge >= 0.3 is 5.97 Å². The Morgan fingerprint density at radius 2 is 1.88 bits per heavy atom. The standard InChI is InChI=1S/C19H26N2O4/c1-2-3-11-20-17(22)13-7-6-8-14(12-13)21-18(23)15-9-4-5-10-16(15)19(24)25/h6-8,12,15-16H,2-5,9-11H2,1H3,(H,20,22)(H,21,23)(H,24,25). The zero-order valence-electron chi connectivity index (χ0n) is 14.6. The van der Waals surface area contributed by atoms with Crippen LogP contribution in [0.15, 0.2) is 24.3 Å². The highest BCUT2D eigenvalue weighted by atomic mass is 16.4. The number of carbonyl (C=O) groups excluding carboxylic acids is 2. The number of rotatable bonds is 7. The summed E-state index contributed by atoms with van der Waals surface area (Å²) in [6, 6.07) is 6.73. The van der Waals surface area contributed by atoms with Gasteiger partial charge in [-0.3, -0.25) is 14.4 Å². The number of carboxylic acid groups (broad SMARTS) is 1. The molecule has 0 saturated heterocycles. The minimum Gasteiger partial charge on any atom is -0.481 e. The van der Waals surface area contributed by atoms with Crippen LogP contribution >= 0.6 is 0 Å². The lowest BCUT2D eigenvalue weighted by molar-refractivity contribution is -0.147. The van der Waals surface area contributed by atoms with Crippen molar-refractivity contribution in [1.29, 1.82) is 0 Å². The quantitative estimate of drug-likeness (QED) is 0.661. The van der Waals surface area contributed by atoms with E-state index in [0.717, 1.165) is 25.7 Å². The second-order valence-corrected chi connectivity index (χ2v) is 6.52. The van der Waals surface area contributed by atoms with Gasteiger partial charge in [0, 0.05) is 17.8 Å². The Balaban J connectivity index is 2.02. The molecule has 0 aromatic heterocycles. The molecular formula is C19H26N2O4. The number of amides is 2. The zero-order valence-corrected chi connectivity index (χ0v) is 14.6. The van der Waals surface area contributed by atoms with Crippen molar-refractivity contribution in [2.75, 3.05) is 11.9 Å². The van der Waals surface area contributed by atoms with Crippen LogP contribution in [0.1, 0.15) is 55.8 Å². The van der Waals surface area contributed by atoms with Crippen molar-refractivity contribution >= 4 is 23.5 Å². The number of benzene rings is 1. The average Bonchev–Trinajstić information content (AvgIpc) is 2.62. The molecule has 25 heavy (non-hydrogen) atoms. The summed E-state index contributed by atoms with van der Waals surface area (Å²) in [5.41, 5.74) is 0.996. The van der Waals surface area contributed by atoms with Crippen molar-refractivity contribution in [3.63, 3.8) is 0 Å². The Labute approximate surface area is 148 Å². The molecule has 1 fully saturated rings. The van der Waals surface area contributed by atoms with Crippen LogP contribution in [0.2, 0.25) is 0 Å². The van der Waals surface area contributed by atoms with E-state index in [0.29, 0.717) is 30.6 Å². The van der Waals surface area contributed by atoms with Gasteiger partial charge in [-0.1, -0.05) is 32.3 Å². The molecule has 1 aliphatic rings. The van der Waals surface area contributed by atoms with Crippen LogP contribution < -0.4 is 10.6 Å². The number of unbranched alkanes of at least 4 members (excludes halogenated alkanes) is 1. The lowest BCUT2D eigenvalue weighted by Crippen LogP contribution is -2.36. The fourth-order valence-electron chi connectivity index (χ4n) is 3.19. The second kappa shape index (κ2) is 9.20. The molecule has 0 radical (unpaired) electrons. The molecule has 2 unspecified atom stereocenters. The molecule has 3 N–H and O–H groups in total. The van der Waals surface area contributed by atoms with E-state index >= 15 is 0 Å². The third-order valence-corrected chi connectivity index (χ3v) is 4.63. The molecule has 2 rings (SSSR count). The maximum absolute atomic E-state index is 12.5. The van der Waals surface area contributed by atoms with Crippen LogP contribution in [0.3, 0.4) is 0 Å². The van der Waals surface area contributed by atoms with Gasteiger partial charge in [0.05, 0.1) is 11.8 Å². The Morgan fingerprint density at radius 1 is 1.16 bits per heavy atom. The van der Waals surface area contributed by atoms with E-state index in [2.05, 4.69) is 17.6 Å². The molecule has 2 atom stereocenters. The second-order valence-electron chi connectivity index (χ2n) is 6.52. The SMILES string of the molecule is CCCCNC(=O)c1cccc(NC(=O)C2CCCCC2C(=O)O)c1. The summed E-state index contributed by atoms with van der Waals surface area (Å²) in [7, 11) is 0. The van der Waals surface area contributed by atoms with Crippen LogP contribution in [-0.2, 0) is 9.59 Å². The zero-order chi connectivity index (χ0) is 18.2. The topological polar surface area (TPSA) is 95.5 Å². The first-order valence-corrected chi connectivity index (χ1v) is 8.95. The van der Waals surface area contributed by atoms with Gasteiger partial charge in [0.2, 0.25) is 5.91 Å². The predicted molar refractivity (Wildman–Crippen MR) is 95.4 cm³/mol. The fourth-order valence-corrected chi connectivity index (χ4v) is 3.19. The molecule has 2 amide bonds. The van der Waals surface area contributed by atoms with Gasteiger partial charge in [0.25, 0.3) is 5.91 Å². The normalized spacial score (nSPS) is 19.9. The largest absolute Gasteiger partial charge is 0.481 e. The van der Waals surface area contributed by atoms with E-state index in [1.165, 1.54) is 0 Å². The lowest BCUT2D eigenvalue weighted by Gasteiger charge is -2.27. The number of anilines is 1. The fraction of sp³-hybridized carbons (Fsp3) is 0.526.